The number of nitrogens with zero attached hydrogens (tertiary/aromatic N) is 1. The van der Waals surface area contributed by atoms with Gasteiger partial charge >= 0.3 is 0 Å². The van der Waals surface area contributed by atoms with Crippen LogP contribution in [-0.4, -0.2) is 4.57 Å². The SMILES string of the molecule is C=C(C)Cn1cc(Br)cc(Br)c1=O. The van der Waals surface area contributed by atoms with Crippen LogP contribution in [0.2, 0.25) is 0 Å². The zero-order valence-electron chi connectivity index (χ0n) is 7.18. The van der Waals surface area contributed by atoms with Crippen molar-refractivity contribution in [2.45, 2.75) is 13.5 Å². The van der Waals surface area contributed by atoms with Crippen molar-refractivity contribution in [1.82, 2.24) is 4.57 Å². The van der Waals surface area contributed by atoms with Gasteiger partial charge < -0.3 is 4.57 Å². The molecule has 0 amide bonds. The van der Waals surface area contributed by atoms with Crippen molar-refractivity contribution in [3.05, 3.63) is 43.7 Å². The lowest BCUT2D eigenvalue weighted by atomic mass is 10.3. The molecule has 1 rings (SSSR count). The summed E-state index contributed by atoms with van der Waals surface area (Å²) in [4.78, 5) is 11.5. The fourth-order valence-electron chi connectivity index (χ4n) is 0.973. The van der Waals surface area contributed by atoms with Crippen molar-refractivity contribution in [1.29, 1.82) is 0 Å². The molecule has 0 aliphatic heterocycles. The lowest BCUT2D eigenvalue weighted by molar-refractivity contribution is 0.741. The molecule has 0 aliphatic carbocycles. The second-order valence-corrected chi connectivity index (χ2v) is 4.67. The molecule has 0 unspecified atom stereocenters. The summed E-state index contributed by atoms with van der Waals surface area (Å²) >= 11 is 6.51. The number of pyridine rings is 1. The molecular formula is C9H9Br2NO. The Hall–Kier alpha value is -0.350. The van der Waals surface area contributed by atoms with E-state index in [1.54, 1.807) is 16.8 Å². The smallest absolute Gasteiger partial charge is 0.265 e. The van der Waals surface area contributed by atoms with E-state index in [9.17, 15) is 4.79 Å². The van der Waals surface area contributed by atoms with E-state index in [-0.39, 0.29) is 5.56 Å². The highest BCUT2D eigenvalue weighted by atomic mass is 79.9. The van der Waals surface area contributed by atoms with Crippen molar-refractivity contribution in [3.63, 3.8) is 0 Å². The second-order valence-electron chi connectivity index (χ2n) is 2.90. The van der Waals surface area contributed by atoms with Crippen molar-refractivity contribution < 1.29 is 0 Å². The molecule has 1 aromatic rings. The van der Waals surface area contributed by atoms with E-state index in [1.807, 2.05) is 6.92 Å². The predicted octanol–water partition coefficient (Wildman–Crippen LogP) is 2.95. The van der Waals surface area contributed by atoms with E-state index in [0.29, 0.717) is 11.0 Å². The van der Waals surface area contributed by atoms with Crippen LogP contribution in [0.25, 0.3) is 0 Å². The van der Waals surface area contributed by atoms with Gasteiger partial charge in [0.25, 0.3) is 5.56 Å². The highest BCUT2D eigenvalue weighted by Crippen LogP contribution is 2.13. The first kappa shape index (κ1) is 10.7. The van der Waals surface area contributed by atoms with Crippen LogP contribution in [0.4, 0.5) is 0 Å². The molecular weight excluding hydrogens is 298 g/mol. The Morgan fingerprint density at radius 3 is 2.77 bits per heavy atom. The first-order valence-electron chi connectivity index (χ1n) is 3.70. The van der Waals surface area contributed by atoms with Crippen LogP contribution >= 0.6 is 31.9 Å². The van der Waals surface area contributed by atoms with Crippen LogP contribution in [0.5, 0.6) is 0 Å². The van der Waals surface area contributed by atoms with E-state index >= 15 is 0 Å². The summed E-state index contributed by atoms with van der Waals surface area (Å²) in [6.07, 6.45) is 1.75. The largest absolute Gasteiger partial charge is 0.309 e. The van der Waals surface area contributed by atoms with Gasteiger partial charge in [0, 0.05) is 17.2 Å². The lowest BCUT2D eigenvalue weighted by Gasteiger charge is -2.05. The van der Waals surface area contributed by atoms with Crippen LogP contribution in [0, 0.1) is 0 Å². The van der Waals surface area contributed by atoms with Gasteiger partial charge in [-0.3, -0.25) is 4.79 Å². The minimum absolute atomic E-state index is 0.0359. The average molecular weight is 307 g/mol. The summed E-state index contributed by atoms with van der Waals surface area (Å²) in [7, 11) is 0. The maximum absolute atomic E-state index is 11.5. The molecule has 1 aromatic heterocycles. The molecule has 2 nitrogen and oxygen atoms in total. The van der Waals surface area contributed by atoms with Crippen LogP contribution in [-0.2, 0) is 6.54 Å². The highest BCUT2D eigenvalue weighted by Gasteiger charge is 2.02. The highest BCUT2D eigenvalue weighted by molar-refractivity contribution is 9.11. The van der Waals surface area contributed by atoms with Gasteiger partial charge in [0.1, 0.15) is 0 Å². The molecule has 0 N–H and O–H groups in total. The normalized spacial score (nSPS) is 10.1. The van der Waals surface area contributed by atoms with Crippen LogP contribution in [0.1, 0.15) is 6.92 Å². The Balaban J connectivity index is 3.21. The monoisotopic (exact) mass is 305 g/mol. The maximum atomic E-state index is 11.5. The number of hydrogen-bond donors (Lipinski definition) is 0. The molecule has 0 saturated heterocycles. The number of hydrogen-bond acceptors (Lipinski definition) is 1. The van der Waals surface area contributed by atoms with E-state index in [2.05, 4.69) is 38.4 Å². The van der Waals surface area contributed by atoms with E-state index in [4.69, 9.17) is 0 Å². The first-order chi connectivity index (χ1) is 6.00. The Kier molecular flexibility index (Phi) is 3.50. The summed E-state index contributed by atoms with van der Waals surface area (Å²) in [5, 5.41) is 0. The van der Waals surface area contributed by atoms with Crippen molar-refractivity contribution in [2.24, 2.45) is 0 Å². The predicted molar refractivity (Wildman–Crippen MR) is 60.9 cm³/mol. The average Bonchev–Trinajstić information content (AvgIpc) is 1.98. The minimum atomic E-state index is -0.0359. The number of rotatable bonds is 2. The summed E-state index contributed by atoms with van der Waals surface area (Å²) < 4.78 is 3.04. The zero-order chi connectivity index (χ0) is 10.0. The molecule has 0 spiro atoms. The van der Waals surface area contributed by atoms with Crippen LogP contribution < -0.4 is 5.56 Å². The molecule has 0 atom stereocenters. The van der Waals surface area contributed by atoms with Gasteiger partial charge in [-0.25, -0.2) is 0 Å². The fraction of sp³-hybridized carbons (Fsp3) is 0.222. The fourth-order valence-corrected chi connectivity index (χ4v) is 2.23. The topological polar surface area (TPSA) is 22.0 Å². The third-order valence-corrected chi connectivity index (χ3v) is 2.45. The molecule has 0 radical (unpaired) electrons. The van der Waals surface area contributed by atoms with Gasteiger partial charge in [0.15, 0.2) is 0 Å². The van der Waals surface area contributed by atoms with Gasteiger partial charge in [0.2, 0.25) is 0 Å². The van der Waals surface area contributed by atoms with Crippen LogP contribution in [0.15, 0.2) is 38.2 Å². The molecule has 0 aliphatic rings. The molecule has 0 aromatic carbocycles. The van der Waals surface area contributed by atoms with Gasteiger partial charge in [-0.1, -0.05) is 12.2 Å². The molecule has 0 saturated carbocycles. The quantitative estimate of drug-likeness (QED) is 0.770. The molecule has 0 fully saturated rings. The number of halogens is 2. The van der Waals surface area contributed by atoms with Crippen molar-refractivity contribution in [2.75, 3.05) is 0 Å². The molecule has 1 heterocycles. The number of allylic oxidation sites excluding steroid dienone is 1. The summed E-state index contributed by atoms with van der Waals surface area (Å²) in [6, 6.07) is 1.73. The maximum Gasteiger partial charge on any atom is 0.265 e. The van der Waals surface area contributed by atoms with Gasteiger partial charge in [0.05, 0.1) is 4.47 Å². The summed E-state index contributed by atoms with van der Waals surface area (Å²) in [6.45, 7) is 6.20. The zero-order valence-corrected chi connectivity index (χ0v) is 10.4. The van der Waals surface area contributed by atoms with Gasteiger partial charge in [-0.05, 0) is 44.8 Å². The van der Waals surface area contributed by atoms with Crippen molar-refractivity contribution >= 4 is 31.9 Å². The van der Waals surface area contributed by atoms with E-state index in [0.717, 1.165) is 10.0 Å². The molecule has 4 heteroatoms. The third kappa shape index (κ3) is 2.81. The first-order valence-corrected chi connectivity index (χ1v) is 5.29. The standard InChI is InChI=1S/C9H9Br2NO/c1-6(2)4-12-5-7(10)3-8(11)9(12)13/h3,5H,1,4H2,2H3. The van der Waals surface area contributed by atoms with E-state index in [1.165, 1.54) is 0 Å². The third-order valence-electron chi connectivity index (χ3n) is 1.45. The van der Waals surface area contributed by atoms with Crippen molar-refractivity contribution in [3.8, 4) is 0 Å². The van der Waals surface area contributed by atoms with Gasteiger partial charge in [-0.15, -0.1) is 0 Å². The Morgan fingerprint density at radius 1 is 1.62 bits per heavy atom. The van der Waals surface area contributed by atoms with Gasteiger partial charge in [-0.2, -0.15) is 0 Å². The molecule has 13 heavy (non-hydrogen) atoms. The summed E-state index contributed by atoms with van der Waals surface area (Å²) in [5.74, 6) is 0. The minimum Gasteiger partial charge on any atom is -0.309 e. The van der Waals surface area contributed by atoms with E-state index < -0.39 is 0 Å². The Labute approximate surface area is 93.5 Å². The summed E-state index contributed by atoms with van der Waals surface area (Å²) in [5.41, 5.74) is 0.915. The Morgan fingerprint density at radius 2 is 2.23 bits per heavy atom. The molecule has 0 bridgehead atoms. The second kappa shape index (κ2) is 4.24. The number of aromatic nitrogens is 1. The van der Waals surface area contributed by atoms with Crippen LogP contribution in [0.3, 0.4) is 0 Å². The lowest BCUT2D eigenvalue weighted by Crippen LogP contribution is -2.20. The Bertz CT molecular complexity index is 395. The molecule has 70 valence electrons.